The predicted octanol–water partition coefficient (Wildman–Crippen LogP) is 2.12. The van der Waals surface area contributed by atoms with Crippen molar-refractivity contribution < 1.29 is 14.3 Å². The van der Waals surface area contributed by atoms with E-state index in [9.17, 15) is 9.59 Å². The van der Waals surface area contributed by atoms with E-state index in [1.165, 1.54) is 4.90 Å². The summed E-state index contributed by atoms with van der Waals surface area (Å²) in [6.07, 6.45) is 0. The number of carbonyl (C=O) groups is 2. The maximum atomic E-state index is 12.4. The minimum Gasteiger partial charge on any atom is -0.378 e. The molecule has 1 aliphatic rings. The predicted molar refractivity (Wildman–Crippen MR) is 101 cm³/mol. The lowest BCUT2D eigenvalue weighted by Crippen LogP contribution is -2.38. The van der Waals surface area contributed by atoms with E-state index in [0.29, 0.717) is 25.4 Å². The van der Waals surface area contributed by atoms with Gasteiger partial charge in [0.1, 0.15) is 0 Å². The topological polar surface area (TPSA) is 61.9 Å². The van der Waals surface area contributed by atoms with Crippen LogP contribution in [0, 0.1) is 0 Å². The van der Waals surface area contributed by atoms with Gasteiger partial charge >= 0.3 is 11.8 Å². The molecule has 1 fully saturated rings. The summed E-state index contributed by atoms with van der Waals surface area (Å²) in [5.41, 5.74) is 2.52. The number of para-hydroxylation sites is 2. The number of likely N-dealkylation sites (N-methyl/N-ethyl adjacent to an activating group) is 1. The Morgan fingerprint density at radius 1 is 1.04 bits per heavy atom. The van der Waals surface area contributed by atoms with Gasteiger partial charge in [0, 0.05) is 26.7 Å². The molecule has 6 nitrogen and oxygen atoms in total. The molecular weight excluding hydrogens is 330 g/mol. The van der Waals surface area contributed by atoms with Crippen LogP contribution in [-0.2, 0) is 20.9 Å². The third-order valence-electron chi connectivity index (χ3n) is 4.31. The Morgan fingerprint density at radius 2 is 1.69 bits per heavy atom. The molecular formula is C20H23N3O3. The third kappa shape index (κ3) is 4.40. The second kappa shape index (κ2) is 8.49. The van der Waals surface area contributed by atoms with Gasteiger partial charge in [-0.3, -0.25) is 9.59 Å². The molecule has 0 bridgehead atoms. The van der Waals surface area contributed by atoms with Gasteiger partial charge in [-0.05, 0) is 17.7 Å². The summed E-state index contributed by atoms with van der Waals surface area (Å²) in [5.74, 6) is -1.20. The Bertz CT molecular complexity index is 758. The van der Waals surface area contributed by atoms with E-state index in [2.05, 4.69) is 10.2 Å². The van der Waals surface area contributed by atoms with E-state index in [1.54, 1.807) is 7.05 Å². The Balaban J connectivity index is 1.66. The van der Waals surface area contributed by atoms with Crippen LogP contribution in [0.3, 0.4) is 0 Å². The van der Waals surface area contributed by atoms with E-state index in [-0.39, 0.29) is 0 Å². The van der Waals surface area contributed by atoms with Crippen LogP contribution >= 0.6 is 0 Å². The van der Waals surface area contributed by atoms with Gasteiger partial charge in [0.2, 0.25) is 0 Å². The van der Waals surface area contributed by atoms with Gasteiger partial charge in [-0.15, -0.1) is 0 Å². The number of nitrogens with one attached hydrogen (secondary N) is 1. The zero-order valence-electron chi connectivity index (χ0n) is 14.9. The molecule has 26 heavy (non-hydrogen) atoms. The van der Waals surface area contributed by atoms with E-state index in [0.717, 1.165) is 24.3 Å². The van der Waals surface area contributed by atoms with Crippen LogP contribution in [0.25, 0.3) is 0 Å². The van der Waals surface area contributed by atoms with Crippen molar-refractivity contribution in [2.75, 3.05) is 43.6 Å². The van der Waals surface area contributed by atoms with Gasteiger partial charge in [0.25, 0.3) is 0 Å². The smallest absolute Gasteiger partial charge is 0.313 e. The number of anilines is 2. The Morgan fingerprint density at radius 3 is 2.42 bits per heavy atom. The zero-order valence-corrected chi connectivity index (χ0v) is 14.9. The fraction of sp³-hybridized carbons (Fsp3) is 0.300. The normalized spacial score (nSPS) is 14.0. The molecule has 0 radical (unpaired) electrons. The van der Waals surface area contributed by atoms with Crippen molar-refractivity contribution in [3.8, 4) is 0 Å². The van der Waals surface area contributed by atoms with Crippen molar-refractivity contribution in [2.24, 2.45) is 0 Å². The molecule has 0 aliphatic carbocycles. The fourth-order valence-corrected chi connectivity index (χ4v) is 2.94. The van der Waals surface area contributed by atoms with Crippen molar-refractivity contribution in [2.45, 2.75) is 6.54 Å². The van der Waals surface area contributed by atoms with Gasteiger partial charge in [0.15, 0.2) is 0 Å². The Hall–Kier alpha value is -2.86. The average molecular weight is 353 g/mol. The van der Waals surface area contributed by atoms with Crippen LogP contribution < -0.4 is 10.2 Å². The standard InChI is InChI=1S/C20H23N3O3/c1-22(15-16-7-3-2-4-8-16)20(25)19(24)21-17-9-5-6-10-18(17)23-11-13-26-14-12-23/h2-10H,11-15H2,1H3,(H,21,24). The molecule has 1 heterocycles. The largest absolute Gasteiger partial charge is 0.378 e. The van der Waals surface area contributed by atoms with Gasteiger partial charge in [0.05, 0.1) is 24.6 Å². The summed E-state index contributed by atoms with van der Waals surface area (Å²) in [6, 6.07) is 17.1. The summed E-state index contributed by atoms with van der Waals surface area (Å²) in [7, 11) is 1.63. The molecule has 0 spiro atoms. The molecule has 136 valence electrons. The van der Waals surface area contributed by atoms with Crippen LogP contribution in [0.1, 0.15) is 5.56 Å². The quantitative estimate of drug-likeness (QED) is 0.856. The van der Waals surface area contributed by atoms with Crippen molar-refractivity contribution in [3.05, 3.63) is 60.2 Å². The van der Waals surface area contributed by atoms with Gasteiger partial charge < -0.3 is 19.9 Å². The van der Waals surface area contributed by atoms with Gasteiger partial charge in [-0.2, -0.15) is 0 Å². The number of hydrogen-bond acceptors (Lipinski definition) is 4. The second-order valence-electron chi connectivity index (χ2n) is 6.22. The fourth-order valence-electron chi connectivity index (χ4n) is 2.94. The summed E-state index contributed by atoms with van der Waals surface area (Å²) in [6.45, 7) is 3.21. The molecule has 2 aromatic carbocycles. The maximum Gasteiger partial charge on any atom is 0.313 e. The highest BCUT2D eigenvalue weighted by atomic mass is 16.5. The van der Waals surface area contributed by atoms with E-state index < -0.39 is 11.8 Å². The Kier molecular flexibility index (Phi) is 5.86. The number of morpholine rings is 1. The first-order valence-corrected chi connectivity index (χ1v) is 8.67. The van der Waals surface area contributed by atoms with Crippen molar-refractivity contribution >= 4 is 23.2 Å². The maximum absolute atomic E-state index is 12.4. The summed E-state index contributed by atoms with van der Waals surface area (Å²) >= 11 is 0. The van der Waals surface area contributed by atoms with E-state index in [4.69, 9.17) is 4.74 Å². The molecule has 0 unspecified atom stereocenters. The highest BCUT2D eigenvalue weighted by Crippen LogP contribution is 2.26. The molecule has 3 rings (SSSR count). The van der Waals surface area contributed by atoms with Gasteiger partial charge in [-0.1, -0.05) is 42.5 Å². The van der Waals surface area contributed by atoms with Crippen LogP contribution in [0.15, 0.2) is 54.6 Å². The average Bonchev–Trinajstić information content (AvgIpc) is 2.69. The third-order valence-corrected chi connectivity index (χ3v) is 4.31. The molecule has 2 aromatic rings. The van der Waals surface area contributed by atoms with E-state index in [1.807, 2.05) is 54.6 Å². The number of nitrogens with zero attached hydrogens (tertiary/aromatic N) is 2. The molecule has 0 atom stereocenters. The highest BCUT2D eigenvalue weighted by molar-refractivity contribution is 6.39. The van der Waals surface area contributed by atoms with Crippen molar-refractivity contribution in [1.82, 2.24) is 4.90 Å². The van der Waals surface area contributed by atoms with Crippen molar-refractivity contribution in [1.29, 1.82) is 0 Å². The summed E-state index contributed by atoms with van der Waals surface area (Å²) in [5, 5.41) is 2.76. The molecule has 6 heteroatoms. The first-order chi connectivity index (χ1) is 12.6. The number of ether oxygens (including phenoxy) is 1. The molecule has 1 saturated heterocycles. The van der Waals surface area contributed by atoms with Crippen LogP contribution in [-0.4, -0.2) is 50.1 Å². The lowest BCUT2D eigenvalue weighted by molar-refractivity contribution is -0.142. The summed E-state index contributed by atoms with van der Waals surface area (Å²) in [4.78, 5) is 28.4. The minimum absolute atomic E-state index is 0.387. The number of amides is 2. The number of benzene rings is 2. The Labute approximate surface area is 153 Å². The van der Waals surface area contributed by atoms with Gasteiger partial charge in [-0.25, -0.2) is 0 Å². The molecule has 1 aliphatic heterocycles. The van der Waals surface area contributed by atoms with Crippen molar-refractivity contribution in [3.63, 3.8) is 0 Å². The second-order valence-corrected chi connectivity index (χ2v) is 6.22. The molecule has 2 amide bonds. The van der Waals surface area contributed by atoms with Crippen LogP contribution in [0.2, 0.25) is 0 Å². The zero-order chi connectivity index (χ0) is 18.4. The molecule has 1 N–H and O–H groups in total. The number of rotatable bonds is 4. The molecule has 0 saturated carbocycles. The highest BCUT2D eigenvalue weighted by Gasteiger charge is 2.21. The van der Waals surface area contributed by atoms with E-state index >= 15 is 0 Å². The lowest BCUT2D eigenvalue weighted by atomic mass is 10.2. The first-order valence-electron chi connectivity index (χ1n) is 8.67. The lowest BCUT2D eigenvalue weighted by Gasteiger charge is -2.30. The van der Waals surface area contributed by atoms with Crippen LogP contribution in [0.5, 0.6) is 0 Å². The number of hydrogen-bond donors (Lipinski definition) is 1. The van der Waals surface area contributed by atoms with Crippen LogP contribution in [0.4, 0.5) is 11.4 Å². The monoisotopic (exact) mass is 353 g/mol. The number of carbonyl (C=O) groups excluding carboxylic acids is 2. The minimum atomic E-state index is -0.635. The first kappa shape index (κ1) is 17.9. The molecule has 0 aromatic heterocycles. The summed E-state index contributed by atoms with van der Waals surface area (Å²) < 4.78 is 5.38. The SMILES string of the molecule is CN(Cc1ccccc1)C(=O)C(=O)Nc1ccccc1N1CCOCC1.